The molecule has 26 heavy (non-hydrogen) atoms. The van der Waals surface area contributed by atoms with E-state index in [1.54, 1.807) is 43.2 Å². The number of nitrogens with one attached hydrogen (secondary N) is 1. The number of rotatable bonds is 6. The second kappa shape index (κ2) is 7.22. The highest BCUT2D eigenvalue weighted by Crippen LogP contribution is 2.27. The molecule has 9 heteroatoms. The molecule has 0 aliphatic carbocycles. The summed E-state index contributed by atoms with van der Waals surface area (Å²) in [6.07, 6.45) is 4.41. The summed E-state index contributed by atoms with van der Waals surface area (Å²) in [5.41, 5.74) is 1.45. The van der Waals surface area contributed by atoms with Crippen molar-refractivity contribution in [1.29, 1.82) is 0 Å². The smallest absolute Gasteiger partial charge is 0.209 e. The van der Waals surface area contributed by atoms with Crippen LogP contribution in [0.5, 0.6) is 5.75 Å². The van der Waals surface area contributed by atoms with Gasteiger partial charge in [0.25, 0.3) is 0 Å². The number of nitrogens with zero attached hydrogens (tertiary/aromatic N) is 4. The molecule has 1 N–H and O–H groups in total. The topological polar surface area (TPSA) is 99.0 Å². The fraction of sp³-hybridized carbons (Fsp3) is 0.235. The number of hydrogen-bond donors (Lipinski definition) is 1. The molecule has 2 aromatic heterocycles. The Hall–Kier alpha value is -2.78. The van der Waals surface area contributed by atoms with E-state index in [4.69, 9.17) is 4.74 Å². The molecule has 0 aliphatic rings. The maximum Gasteiger partial charge on any atom is 0.209 e. The predicted molar refractivity (Wildman–Crippen MR) is 97.5 cm³/mol. The van der Waals surface area contributed by atoms with Gasteiger partial charge in [-0.15, -0.1) is 5.10 Å². The first-order chi connectivity index (χ1) is 12.4. The van der Waals surface area contributed by atoms with Crippen LogP contribution < -0.4 is 9.46 Å². The van der Waals surface area contributed by atoms with Gasteiger partial charge in [-0.25, -0.2) is 22.8 Å². The van der Waals surface area contributed by atoms with Gasteiger partial charge in [0.05, 0.1) is 19.4 Å². The number of benzene rings is 1. The van der Waals surface area contributed by atoms with E-state index in [9.17, 15) is 8.42 Å². The molecule has 0 spiro atoms. The van der Waals surface area contributed by atoms with E-state index < -0.39 is 16.1 Å². The van der Waals surface area contributed by atoms with Gasteiger partial charge < -0.3 is 4.74 Å². The monoisotopic (exact) mass is 373 g/mol. The summed E-state index contributed by atoms with van der Waals surface area (Å²) >= 11 is 0. The highest BCUT2D eigenvalue weighted by molar-refractivity contribution is 7.88. The molecule has 0 aliphatic heterocycles. The lowest BCUT2D eigenvalue weighted by molar-refractivity contribution is 0.410. The van der Waals surface area contributed by atoms with Gasteiger partial charge in [-0.05, 0) is 31.2 Å². The van der Waals surface area contributed by atoms with Crippen molar-refractivity contribution >= 4 is 10.0 Å². The Kier molecular flexibility index (Phi) is 5.01. The summed E-state index contributed by atoms with van der Waals surface area (Å²) in [5, 5.41) is 4.57. The van der Waals surface area contributed by atoms with Crippen LogP contribution in [0.15, 0.2) is 48.8 Å². The van der Waals surface area contributed by atoms with E-state index in [-0.39, 0.29) is 0 Å². The Balaban J connectivity index is 2.16. The third kappa shape index (κ3) is 3.89. The first-order valence-electron chi connectivity index (χ1n) is 7.87. The molecular formula is C17H19N5O3S. The largest absolute Gasteiger partial charge is 0.494 e. The van der Waals surface area contributed by atoms with Gasteiger partial charge in [0, 0.05) is 18.0 Å². The van der Waals surface area contributed by atoms with E-state index in [0.29, 0.717) is 23.1 Å². The molecule has 0 unspecified atom stereocenters. The van der Waals surface area contributed by atoms with E-state index in [1.165, 1.54) is 0 Å². The summed E-state index contributed by atoms with van der Waals surface area (Å²) < 4.78 is 32.9. The molecule has 0 radical (unpaired) electrons. The maximum atomic E-state index is 11.7. The second-order valence-corrected chi connectivity index (χ2v) is 7.50. The van der Waals surface area contributed by atoms with Crippen LogP contribution in [0.3, 0.4) is 0 Å². The lowest BCUT2D eigenvalue weighted by Gasteiger charge is -2.14. The van der Waals surface area contributed by atoms with Gasteiger partial charge in [0.15, 0.2) is 11.6 Å². The molecule has 3 rings (SSSR count). The minimum atomic E-state index is -3.41. The summed E-state index contributed by atoms with van der Waals surface area (Å²) in [5.74, 6) is 1.52. The quantitative estimate of drug-likeness (QED) is 0.709. The second-order valence-electron chi connectivity index (χ2n) is 5.72. The third-order valence-corrected chi connectivity index (χ3v) is 4.44. The van der Waals surface area contributed by atoms with Gasteiger partial charge in [-0.1, -0.05) is 12.1 Å². The molecular weight excluding hydrogens is 354 g/mol. The SMILES string of the molecule is COc1ccccc1-n1nc(-c2ccncc2)nc1[C@@H](C)NS(C)(=O)=O. The summed E-state index contributed by atoms with van der Waals surface area (Å²) in [6.45, 7) is 1.72. The zero-order chi connectivity index (χ0) is 18.7. The standard InChI is InChI=1S/C17H19N5O3S/c1-12(21-26(3,23)24)17-19-16(13-8-10-18-11-9-13)20-22(17)14-6-4-5-7-15(14)25-2/h4-12,21H,1-3H3/t12-/m1/s1. The molecule has 0 fully saturated rings. The number of hydrogen-bond acceptors (Lipinski definition) is 6. The average molecular weight is 373 g/mol. The third-order valence-electron chi connectivity index (χ3n) is 3.66. The van der Waals surface area contributed by atoms with Crippen LogP contribution in [-0.2, 0) is 10.0 Å². The van der Waals surface area contributed by atoms with Crippen LogP contribution in [-0.4, -0.2) is 41.5 Å². The van der Waals surface area contributed by atoms with Crippen molar-refractivity contribution in [2.24, 2.45) is 0 Å². The van der Waals surface area contributed by atoms with Crippen molar-refractivity contribution in [3.8, 4) is 22.8 Å². The van der Waals surface area contributed by atoms with Gasteiger partial charge in [-0.3, -0.25) is 4.98 Å². The van der Waals surface area contributed by atoms with Crippen LogP contribution in [0, 0.1) is 0 Å². The molecule has 0 saturated heterocycles. The number of ether oxygens (including phenoxy) is 1. The van der Waals surface area contributed by atoms with Crippen LogP contribution in [0.1, 0.15) is 18.8 Å². The molecule has 0 bridgehead atoms. The lowest BCUT2D eigenvalue weighted by atomic mass is 10.2. The Bertz CT molecular complexity index is 1000. The van der Waals surface area contributed by atoms with Gasteiger partial charge >= 0.3 is 0 Å². The Morgan fingerprint density at radius 2 is 1.85 bits per heavy atom. The van der Waals surface area contributed by atoms with Crippen molar-refractivity contribution in [2.75, 3.05) is 13.4 Å². The molecule has 3 aromatic rings. The number of pyridine rings is 1. The Morgan fingerprint density at radius 1 is 1.15 bits per heavy atom. The molecule has 1 aromatic carbocycles. The van der Waals surface area contributed by atoms with Crippen LogP contribution in [0.25, 0.3) is 17.1 Å². The zero-order valence-corrected chi connectivity index (χ0v) is 15.4. The molecule has 0 amide bonds. The molecule has 2 heterocycles. The normalized spacial score (nSPS) is 12.7. The van der Waals surface area contributed by atoms with E-state index >= 15 is 0 Å². The number of methoxy groups -OCH3 is 1. The zero-order valence-electron chi connectivity index (χ0n) is 14.6. The molecule has 8 nitrogen and oxygen atoms in total. The number of sulfonamides is 1. The minimum Gasteiger partial charge on any atom is -0.494 e. The number of aromatic nitrogens is 4. The lowest BCUT2D eigenvalue weighted by Crippen LogP contribution is -2.27. The molecule has 1 atom stereocenters. The van der Waals surface area contributed by atoms with Crippen LogP contribution in [0.4, 0.5) is 0 Å². The maximum absolute atomic E-state index is 11.7. The fourth-order valence-electron chi connectivity index (χ4n) is 2.58. The minimum absolute atomic E-state index is 0.451. The fourth-order valence-corrected chi connectivity index (χ4v) is 3.33. The van der Waals surface area contributed by atoms with Crippen LogP contribution in [0.2, 0.25) is 0 Å². The van der Waals surface area contributed by atoms with Gasteiger partial charge in [0.2, 0.25) is 10.0 Å². The average Bonchev–Trinajstić information content (AvgIpc) is 3.06. The van der Waals surface area contributed by atoms with E-state index in [1.807, 2.05) is 24.3 Å². The van der Waals surface area contributed by atoms with Crippen molar-refractivity contribution in [3.63, 3.8) is 0 Å². The van der Waals surface area contributed by atoms with Gasteiger partial charge in [-0.2, -0.15) is 0 Å². The van der Waals surface area contributed by atoms with Crippen molar-refractivity contribution in [3.05, 3.63) is 54.6 Å². The van der Waals surface area contributed by atoms with Crippen molar-refractivity contribution < 1.29 is 13.2 Å². The van der Waals surface area contributed by atoms with E-state index in [0.717, 1.165) is 11.8 Å². The summed E-state index contributed by atoms with van der Waals surface area (Å²) in [6, 6.07) is 10.3. The van der Waals surface area contributed by atoms with Crippen molar-refractivity contribution in [2.45, 2.75) is 13.0 Å². The molecule has 136 valence electrons. The summed E-state index contributed by atoms with van der Waals surface area (Å²) in [7, 11) is -1.85. The first-order valence-corrected chi connectivity index (χ1v) is 9.76. The van der Waals surface area contributed by atoms with Crippen molar-refractivity contribution in [1.82, 2.24) is 24.5 Å². The van der Waals surface area contributed by atoms with Gasteiger partial charge in [0.1, 0.15) is 11.4 Å². The highest BCUT2D eigenvalue weighted by atomic mass is 32.2. The van der Waals surface area contributed by atoms with E-state index in [2.05, 4.69) is 19.8 Å². The first kappa shape index (κ1) is 18.0. The predicted octanol–water partition coefficient (Wildman–Crippen LogP) is 1.95. The van der Waals surface area contributed by atoms with Crippen LogP contribution >= 0.6 is 0 Å². The highest BCUT2D eigenvalue weighted by Gasteiger charge is 2.22. The number of para-hydroxylation sites is 2. The molecule has 0 saturated carbocycles. The Labute approximate surface area is 151 Å². The Morgan fingerprint density at radius 3 is 2.50 bits per heavy atom. The summed E-state index contributed by atoms with van der Waals surface area (Å²) in [4.78, 5) is 8.55.